The molecule has 1 aliphatic rings. The Hall–Kier alpha value is -1.13. The van der Waals surface area contributed by atoms with Crippen LogP contribution in [0.4, 0.5) is 5.69 Å². The minimum atomic E-state index is -0.356. The number of amides is 1. The van der Waals surface area contributed by atoms with Crippen molar-refractivity contribution in [1.29, 1.82) is 0 Å². The Morgan fingerprint density at radius 3 is 3.12 bits per heavy atom. The summed E-state index contributed by atoms with van der Waals surface area (Å²) in [5.74, 6) is -0.144. The largest absolute Gasteiger partial charge is 0.368 e. The number of hydrogen-bond donors (Lipinski definition) is 1. The van der Waals surface area contributed by atoms with Gasteiger partial charge < -0.3 is 10.1 Å². The van der Waals surface area contributed by atoms with E-state index in [9.17, 15) is 4.79 Å². The van der Waals surface area contributed by atoms with E-state index in [-0.39, 0.29) is 12.0 Å². The first-order valence-electron chi connectivity index (χ1n) is 5.30. The molecule has 16 heavy (non-hydrogen) atoms. The van der Waals surface area contributed by atoms with E-state index in [1.54, 1.807) is 18.3 Å². The lowest BCUT2D eigenvalue weighted by Gasteiger charge is -2.21. The lowest BCUT2D eigenvalue weighted by molar-refractivity contribution is -0.129. The smallest absolute Gasteiger partial charge is 0.253 e. The second kappa shape index (κ2) is 5.27. The predicted molar refractivity (Wildman–Crippen MR) is 61.5 cm³/mol. The molecular weight excluding hydrogens is 228 g/mol. The van der Waals surface area contributed by atoms with Crippen LogP contribution in [0.3, 0.4) is 0 Å². The monoisotopic (exact) mass is 240 g/mol. The van der Waals surface area contributed by atoms with E-state index in [1.165, 1.54) is 0 Å². The summed E-state index contributed by atoms with van der Waals surface area (Å²) in [5, 5.41) is 3.02. The number of rotatable bonds is 2. The van der Waals surface area contributed by atoms with Gasteiger partial charge in [0.05, 0.1) is 5.69 Å². The highest BCUT2D eigenvalue weighted by Gasteiger charge is 2.22. The average Bonchev–Trinajstić information content (AvgIpc) is 2.33. The fourth-order valence-electron chi connectivity index (χ4n) is 1.64. The van der Waals surface area contributed by atoms with Crippen LogP contribution >= 0.6 is 11.6 Å². The van der Waals surface area contributed by atoms with E-state index >= 15 is 0 Å². The van der Waals surface area contributed by atoms with Crippen LogP contribution in [0.2, 0.25) is 5.15 Å². The zero-order valence-electron chi connectivity index (χ0n) is 8.78. The molecule has 1 atom stereocenters. The lowest BCUT2D eigenvalue weighted by atomic mass is 10.1. The second-order valence-electron chi connectivity index (χ2n) is 3.69. The van der Waals surface area contributed by atoms with Gasteiger partial charge in [-0.15, -0.1) is 0 Å². The third kappa shape index (κ3) is 2.71. The van der Waals surface area contributed by atoms with Crippen molar-refractivity contribution < 1.29 is 9.53 Å². The minimum absolute atomic E-state index is 0.144. The van der Waals surface area contributed by atoms with Crippen molar-refractivity contribution >= 4 is 23.2 Å². The zero-order chi connectivity index (χ0) is 11.4. The summed E-state index contributed by atoms with van der Waals surface area (Å²) in [4.78, 5) is 15.7. The Kier molecular flexibility index (Phi) is 3.74. The number of aromatic nitrogens is 1. The van der Waals surface area contributed by atoms with Crippen LogP contribution in [-0.2, 0) is 9.53 Å². The standard InChI is InChI=1S/C11H13ClN2O2/c12-10-8(4-3-6-13-10)14-11(15)9-5-1-2-7-16-9/h3-4,6,9H,1-2,5,7H2,(H,14,15). The number of carbonyl (C=O) groups is 1. The van der Waals surface area contributed by atoms with Crippen molar-refractivity contribution in [3.05, 3.63) is 23.5 Å². The molecule has 1 aromatic rings. The van der Waals surface area contributed by atoms with E-state index in [2.05, 4.69) is 10.3 Å². The molecule has 0 aliphatic carbocycles. The van der Waals surface area contributed by atoms with Gasteiger partial charge in [0.1, 0.15) is 6.10 Å². The molecule has 0 bridgehead atoms. The van der Waals surface area contributed by atoms with Gasteiger partial charge in [-0.3, -0.25) is 4.79 Å². The lowest BCUT2D eigenvalue weighted by Crippen LogP contribution is -2.33. The molecule has 1 amide bonds. The molecule has 4 nitrogen and oxygen atoms in total. The van der Waals surface area contributed by atoms with Crippen molar-refractivity contribution in [2.45, 2.75) is 25.4 Å². The Labute approximate surface area is 99.0 Å². The highest BCUT2D eigenvalue weighted by Crippen LogP contribution is 2.20. The van der Waals surface area contributed by atoms with Crippen LogP contribution in [0.15, 0.2) is 18.3 Å². The molecule has 1 saturated heterocycles. The minimum Gasteiger partial charge on any atom is -0.368 e. The molecule has 1 aromatic heterocycles. The number of hydrogen-bond acceptors (Lipinski definition) is 3. The number of halogens is 1. The first-order chi connectivity index (χ1) is 7.77. The third-order valence-electron chi connectivity index (χ3n) is 2.49. The number of anilines is 1. The van der Waals surface area contributed by atoms with Crippen LogP contribution in [0.5, 0.6) is 0 Å². The van der Waals surface area contributed by atoms with Gasteiger partial charge in [0.2, 0.25) is 0 Å². The van der Waals surface area contributed by atoms with Crippen molar-refractivity contribution in [3.63, 3.8) is 0 Å². The quantitative estimate of drug-likeness (QED) is 0.807. The molecule has 0 spiro atoms. The van der Waals surface area contributed by atoms with Gasteiger partial charge in [-0.05, 0) is 31.4 Å². The van der Waals surface area contributed by atoms with E-state index in [1.807, 2.05) is 0 Å². The molecule has 0 saturated carbocycles. The fourth-order valence-corrected chi connectivity index (χ4v) is 1.81. The summed E-state index contributed by atoms with van der Waals surface area (Å²) in [6.45, 7) is 0.652. The molecule has 0 aromatic carbocycles. The second-order valence-corrected chi connectivity index (χ2v) is 4.04. The first-order valence-corrected chi connectivity index (χ1v) is 5.68. The molecular formula is C11H13ClN2O2. The maximum absolute atomic E-state index is 11.8. The van der Waals surface area contributed by atoms with Crippen LogP contribution in [0.25, 0.3) is 0 Å². The molecule has 1 unspecified atom stereocenters. The first kappa shape index (κ1) is 11.4. The van der Waals surface area contributed by atoms with Crippen LogP contribution in [-0.4, -0.2) is 23.6 Å². The molecule has 5 heteroatoms. The van der Waals surface area contributed by atoms with Gasteiger partial charge >= 0.3 is 0 Å². The van der Waals surface area contributed by atoms with Crippen molar-refractivity contribution in [3.8, 4) is 0 Å². The summed E-state index contributed by atoms with van der Waals surface area (Å²) in [6.07, 6.45) is 4.04. The Morgan fingerprint density at radius 2 is 2.44 bits per heavy atom. The molecule has 1 fully saturated rings. The maximum atomic E-state index is 11.8. The third-order valence-corrected chi connectivity index (χ3v) is 2.79. The number of pyridine rings is 1. The molecule has 86 valence electrons. The Balaban J connectivity index is 1.99. The summed E-state index contributed by atoms with van der Waals surface area (Å²) in [7, 11) is 0. The Bertz CT molecular complexity index is 378. The van der Waals surface area contributed by atoms with Gasteiger partial charge in [-0.1, -0.05) is 11.6 Å². The van der Waals surface area contributed by atoms with E-state index < -0.39 is 0 Å². The Morgan fingerprint density at radius 1 is 1.56 bits per heavy atom. The van der Waals surface area contributed by atoms with Gasteiger partial charge in [-0.25, -0.2) is 4.98 Å². The van der Waals surface area contributed by atoms with Gasteiger partial charge in [0, 0.05) is 12.8 Å². The number of carbonyl (C=O) groups excluding carboxylic acids is 1. The highest BCUT2D eigenvalue weighted by molar-refractivity contribution is 6.32. The summed E-state index contributed by atoms with van der Waals surface area (Å²) in [6, 6.07) is 3.44. The molecule has 0 radical (unpaired) electrons. The molecule has 1 N–H and O–H groups in total. The topological polar surface area (TPSA) is 51.2 Å². The van der Waals surface area contributed by atoms with E-state index in [0.29, 0.717) is 17.4 Å². The summed E-state index contributed by atoms with van der Waals surface area (Å²) < 4.78 is 5.38. The predicted octanol–water partition coefficient (Wildman–Crippen LogP) is 2.24. The van der Waals surface area contributed by atoms with Crippen molar-refractivity contribution in [2.24, 2.45) is 0 Å². The maximum Gasteiger partial charge on any atom is 0.253 e. The summed E-state index contributed by atoms with van der Waals surface area (Å²) in [5.41, 5.74) is 0.531. The van der Waals surface area contributed by atoms with Crippen LogP contribution in [0.1, 0.15) is 19.3 Å². The van der Waals surface area contributed by atoms with Gasteiger partial charge in [-0.2, -0.15) is 0 Å². The van der Waals surface area contributed by atoms with Crippen LogP contribution < -0.4 is 5.32 Å². The van der Waals surface area contributed by atoms with E-state index in [0.717, 1.165) is 19.3 Å². The molecule has 2 rings (SSSR count). The average molecular weight is 241 g/mol. The zero-order valence-corrected chi connectivity index (χ0v) is 9.54. The normalized spacial score (nSPS) is 20.4. The van der Waals surface area contributed by atoms with Crippen molar-refractivity contribution in [2.75, 3.05) is 11.9 Å². The SMILES string of the molecule is O=C(Nc1cccnc1Cl)C1CCCCO1. The molecule has 2 heterocycles. The highest BCUT2D eigenvalue weighted by atomic mass is 35.5. The van der Waals surface area contributed by atoms with Crippen LogP contribution in [0, 0.1) is 0 Å². The van der Waals surface area contributed by atoms with Crippen molar-refractivity contribution in [1.82, 2.24) is 4.98 Å². The summed E-state index contributed by atoms with van der Waals surface area (Å²) >= 11 is 5.84. The van der Waals surface area contributed by atoms with E-state index in [4.69, 9.17) is 16.3 Å². The van der Waals surface area contributed by atoms with Gasteiger partial charge in [0.15, 0.2) is 5.15 Å². The number of nitrogens with zero attached hydrogens (tertiary/aromatic N) is 1. The van der Waals surface area contributed by atoms with Gasteiger partial charge in [0.25, 0.3) is 5.91 Å². The number of nitrogens with one attached hydrogen (secondary N) is 1. The number of ether oxygens (including phenoxy) is 1. The fraction of sp³-hybridized carbons (Fsp3) is 0.455. The molecule has 1 aliphatic heterocycles.